The number of nitrogens with zero attached hydrogens (tertiary/aromatic N) is 1. The first kappa shape index (κ1) is 16.0. The van der Waals surface area contributed by atoms with E-state index in [0.29, 0.717) is 12.1 Å². The minimum Gasteiger partial charge on any atom is -0.315 e. The fraction of sp³-hybridized carbons (Fsp3) is 1.00. The zero-order valence-electron chi connectivity index (χ0n) is 13.2. The van der Waals surface area contributed by atoms with Crippen molar-refractivity contribution in [2.45, 2.75) is 83.8 Å². The average Bonchev–Trinajstić information content (AvgIpc) is 2.38. The SMILES string of the molecule is CCCC(NC)C(CC)N(C)C1CCCCC1C. The van der Waals surface area contributed by atoms with Crippen LogP contribution in [0.1, 0.15) is 65.7 Å². The monoisotopic (exact) mass is 254 g/mol. The fourth-order valence-electron chi connectivity index (χ4n) is 3.84. The number of rotatable bonds is 7. The van der Waals surface area contributed by atoms with Crippen LogP contribution in [0.3, 0.4) is 0 Å². The van der Waals surface area contributed by atoms with Crippen LogP contribution in [0.5, 0.6) is 0 Å². The lowest BCUT2D eigenvalue weighted by atomic mass is 9.83. The summed E-state index contributed by atoms with van der Waals surface area (Å²) in [6.07, 6.45) is 9.50. The Bertz CT molecular complexity index is 217. The lowest BCUT2D eigenvalue weighted by Gasteiger charge is -2.43. The molecule has 0 heterocycles. The van der Waals surface area contributed by atoms with E-state index in [2.05, 4.69) is 45.1 Å². The van der Waals surface area contributed by atoms with E-state index in [1.165, 1.54) is 44.9 Å². The molecule has 0 aliphatic heterocycles. The van der Waals surface area contributed by atoms with Crippen molar-refractivity contribution in [1.82, 2.24) is 10.2 Å². The van der Waals surface area contributed by atoms with Crippen LogP contribution < -0.4 is 5.32 Å². The van der Waals surface area contributed by atoms with Gasteiger partial charge in [0.05, 0.1) is 0 Å². The van der Waals surface area contributed by atoms with Crippen molar-refractivity contribution >= 4 is 0 Å². The molecule has 108 valence electrons. The molecule has 4 atom stereocenters. The van der Waals surface area contributed by atoms with E-state index < -0.39 is 0 Å². The molecule has 18 heavy (non-hydrogen) atoms. The summed E-state index contributed by atoms with van der Waals surface area (Å²) in [5.74, 6) is 0.872. The smallest absolute Gasteiger partial charge is 0.0246 e. The molecule has 0 aromatic carbocycles. The summed E-state index contributed by atoms with van der Waals surface area (Å²) >= 11 is 0. The van der Waals surface area contributed by atoms with Crippen molar-refractivity contribution in [3.05, 3.63) is 0 Å². The maximum atomic E-state index is 3.55. The Morgan fingerprint density at radius 1 is 1.22 bits per heavy atom. The normalized spacial score (nSPS) is 28.3. The number of hydrogen-bond donors (Lipinski definition) is 1. The van der Waals surface area contributed by atoms with Crippen molar-refractivity contribution in [1.29, 1.82) is 0 Å². The molecular formula is C16H34N2. The highest BCUT2D eigenvalue weighted by atomic mass is 15.2. The Hall–Kier alpha value is -0.0800. The zero-order valence-corrected chi connectivity index (χ0v) is 13.2. The predicted octanol–water partition coefficient (Wildman–Crippen LogP) is 3.66. The minimum absolute atomic E-state index is 0.652. The molecule has 1 saturated carbocycles. The van der Waals surface area contributed by atoms with Gasteiger partial charge in [0, 0.05) is 18.1 Å². The second-order valence-corrected chi connectivity index (χ2v) is 6.15. The summed E-state index contributed by atoms with van der Waals surface area (Å²) in [4.78, 5) is 2.70. The summed E-state index contributed by atoms with van der Waals surface area (Å²) in [7, 11) is 4.49. The van der Waals surface area contributed by atoms with E-state index in [4.69, 9.17) is 0 Å². The second-order valence-electron chi connectivity index (χ2n) is 6.15. The highest BCUT2D eigenvalue weighted by Crippen LogP contribution is 2.30. The first-order valence-electron chi connectivity index (χ1n) is 8.04. The second kappa shape index (κ2) is 8.16. The van der Waals surface area contributed by atoms with E-state index in [-0.39, 0.29) is 0 Å². The van der Waals surface area contributed by atoms with E-state index in [1.807, 2.05) is 0 Å². The topological polar surface area (TPSA) is 15.3 Å². The molecule has 0 aromatic heterocycles. The first-order chi connectivity index (χ1) is 8.65. The van der Waals surface area contributed by atoms with Gasteiger partial charge < -0.3 is 5.32 Å². The Morgan fingerprint density at radius 2 is 1.89 bits per heavy atom. The molecule has 0 amide bonds. The van der Waals surface area contributed by atoms with Crippen LogP contribution in [0.15, 0.2) is 0 Å². The Labute approximate surface area is 115 Å². The van der Waals surface area contributed by atoms with Crippen LogP contribution in [0, 0.1) is 5.92 Å². The predicted molar refractivity (Wildman–Crippen MR) is 81.0 cm³/mol. The van der Waals surface area contributed by atoms with Gasteiger partial charge in [-0.15, -0.1) is 0 Å². The highest BCUT2D eigenvalue weighted by Gasteiger charge is 2.31. The lowest BCUT2D eigenvalue weighted by molar-refractivity contribution is 0.0736. The van der Waals surface area contributed by atoms with Gasteiger partial charge in [0.15, 0.2) is 0 Å². The third kappa shape index (κ3) is 3.96. The van der Waals surface area contributed by atoms with Gasteiger partial charge in [-0.05, 0) is 45.7 Å². The molecule has 1 fully saturated rings. The average molecular weight is 254 g/mol. The van der Waals surface area contributed by atoms with Gasteiger partial charge in [0.1, 0.15) is 0 Å². The Kier molecular flexibility index (Phi) is 7.25. The van der Waals surface area contributed by atoms with Crippen molar-refractivity contribution in [2.24, 2.45) is 5.92 Å². The van der Waals surface area contributed by atoms with E-state index in [9.17, 15) is 0 Å². The maximum Gasteiger partial charge on any atom is 0.0246 e. The molecule has 1 aliphatic rings. The Balaban J connectivity index is 2.66. The summed E-state index contributed by atoms with van der Waals surface area (Å²) < 4.78 is 0. The van der Waals surface area contributed by atoms with Crippen molar-refractivity contribution < 1.29 is 0 Å². The number of nitrogens with one attached hydrogen (secondary N) is 1. The van der Waals surface area contributed by atoms with Gasteiger partial charge in [0.2, 0.25) is 0 Å². The molecule has 2 heteroatoms. The summed E-state index contributed by atoms with van der Waals surface area (Å²) in [6, 6.07) is 2.15. The minimum atomic E-state index is 0.652. The molecule has 0 aromatic rings. The standard InChI is InChI=1S/C16H34N2/c1-6-10-14(17-4)15(7-2)18(5)16-12-9-8-11-13(16)3/h13-17H,6-12H2,1-5H3. The highest BCUT2D eigenvalue weighted by molar-refractivity contribution is 4.88. The van der Waals surface area contributed by atoms with E-state index in [0.717, 1.165) is 12.0 Å². The van der Waals surface area contributed by atoms with Gasteiger partial charge >= 0.3 is 0 Å². The number of hydrogen-bond acceptors (Lipinski definition) is 2. The number of likely N-dealkylation sites (N-methyl/N-ethyl adjacent to an activating group) is 2. The van der Waals surface area contributed by atoms with Crippen LogP contribution in [0.25, 0.3) is 0 Å². The molecule has 1 N–H and O–H groups in total. The molecular weight excluding hydrogens is 220 g/mol. The van der Waals surface area contributed by atoms with Crippen molar-refractivity contribution in [3.63, 3.8) is 0 Å². The third-order valence-electron chi connectivity index (χ3n) is 4.97. The molecule has 0 spiro atoms. The van der Waals surface area contributed by atoms with Crippen LogP contribution in [-0.4, -0.2) is 37.1 Å². The molecule has 0 bridgehead atoms. The third-order valence-corrected chi connectivity index (χ3v) is 4.97. The Morgan fingerprint density at radius 3 is 2.39 bits per heavy atom. The van der Waals surface area contributed by atoms with Gasteiger partial charge in [-0.3, -0.25) is 4.90 Å². The zero-order chi connectivity index (χ0) is 13.5. The van der Waals surface area contributed by atoms with Gasteiger partial charge in [0.25, 0.3) is 0 Å². The van der Waals surface area contributed by atoms with Gasteiger partial charge in [-0.1, -0.05) is 40.0 Å². The van der Waals surface area contributed by atoms with Gasteiger partial charge in [-0.2, -0.15) is 0 Å². The quantitative estimate of drug-likeness (QED) is 0.746. The molecule has 0 radical (unpaired) electrons. The van der Waals surface area contributed by atoms with Crippen molar-refractivity contribution in [2.75, 3.05) is 14.1 Å². The van der Waals surface area contributed by atoms with Crippen LogP contribution in [-0.2, 0) is 0 Å². The molecule has 2 nitrogen and oxygen atoms in total. The summed E-state index contributed by atoms with van der Waals surface area (Å²) in [5, 5.41) is 3.55. The largest absolute Gasteiger partial charge is 0.315 e. The van der Waals surface area contributed by atoms with Crippen LogP contribution in [0.2, 0.25) is 0 Å². The molecule has 0 saturated heterocycles. The molecule has 4 unspecified atom stereocenters. The molecule has 1 aliphatic carbocycles. The lowest BCUT2D eigenvalue weighted by Crippen LogP contribution is -2.53. The first-order valence-corrected chi connectivity index (χ1v) is 8.04. The summed E-state index contributed by atoms with van der Waals surface area (Å²) in [6.45, 7) is 7.08. The van der Waals surface area contributed by atoms with E-state index in [1.54, 1.807) is 0 Å². The van der Waals surface area contributed by atoms with Gasteiger partial charge in [-0.25, -0.2) is 0 Å². The summed E-state index contributed by atoms with van der Waals surface area (Å²) in [5.41, 5.74) is 0. The van der Waals surface area contributed by atoms with Crippen molar-refractivity contribution in [3.8, 4) is 0 Å². The maximum absolute atomic E-state index is 3.55. The van der Waals surface area contributed by atoms with Crippen LogP contribution in [0.4, 0.5) is 0 Å². The van der Waals surface area contributed by atoms with Crippen LogP contribution >= 0.6 is 0 Å². The molecule has 1 rings (SSSR count). The van der Waals surface area contributed by atoms with E-state index >= 15 is 0 Å². The fourth-order valence-corrected chi connectivity index (χ4v) is 3.84.